The van der Waals surface area contributed by atoms with E-state index in [-0.39, 0.29) is 11.9 Å². The lowest BCUT2D eigenvalue weighted by molar-refractivity contribution is 0.311. The third-order valence-corrected chi connectivity index (χ3v) is 5.13. The molecule has 0 radical (unpaired) electrons. The van der Waals surface area contributed by atoms with Crippen molar-refractivity contribution in [3.63, 3.8) is 0 Å². The van der Waals surface area contributed by atoms with Gasteiger partial charge in [0, 0.05) is 24.4 Å². The van der Waals surface area contributed by atoms with Crippen molar-refractivity contribution in [1.82, 2.24) is 20.0 Å². The van der Waals surface area contributed by atoms with Crippen molar-refractivity contribution < 1.29 is 13.3 Å². The number of anilines is 1. The van der Waals surface area contributed by atoms with E-state index in [1.807, 2.05) is 40.1 Å². The average molecular weight is 421 g/mol. The largest absolute Gasteiger partial charge is 0.469 e. The van der Waals surface area contributed by atoms with Gasteiger partial charge in [-0.05, 0) is 51.7 Å². The highest BCUT2D eigenvalue weighted by Crippen LogP contribution is 2.33. The number of aryl methyl sites for hydroxylation is 2. The summed E-state index contributed by atoms with van der Waals surface area (Å²) < 4.78 is 24.3. The van der Waals surface area contributed by atoms with Crippen LogP contribution >= 0.6 is 0 Å². The number of hydrogen-bond donors (Lipinski definition) is 1. The van der Waals surface area contributed by atoms with E-state index in [1.165, 1.54) is 12.1 Å². The standard InChI is InChI=1S/C23H24FN5O2/c1-14-11-21(31-28-14)19-12-25-23(27-22(19)18-9-10-30-15(18)2)26-13-20(29(3)4)16-5-7-17(24)8-6-16/h5-12,20H,13H2,1-4H3,(H,25,26,27)/t20-/m1/s1. The monoisotopic (exact) mass is 421 g/mol. The van der Waals surface area contributed by atoms with Crippen LogP contribution < -0.4 is 5.32 Å². The first kappa shape index (κ1) is 20.7. The van der Waals surface area contributed by atoms with Crippen molar-refractivity contribution >= 4 is 5.95 Å². The Kier molecular flexibility index (Phi) is 5.81. The maximum atomic E-state index is 13.3. The SMILES string of the molecule is Cc1cc(-c2cnc(NC[C@H](c3ccc(F)cc3)N(C)C)nc2-c2ccoc2C)on1. The number of furan rings is 1. The van der Waals surface area contributed by atoms with Crippen LogP contribution in [-0.2, 0) is 0 Å². The van der Waals surface area contributed by atoms with Crippen LogP contribution in [0.4, 0.5) is 10.3 Å². The lowest BCUT2D eigenvalue weighted by atomic mass is 10.1. The summed E-state index contributed by atoms with van der Waals surface area (Å²) >= 11 is 0. The molecule has 0 aliphatic heterocycles. The fourth-order valence-corrected chi connectivity index (χ4v) is 3.45. The molecule has 0 unspecified atom stereocenters. The third-order valence-electron chi connectivity index (χ3n) is 5.13. The van der Waals surface area contributed by atoms with Crippen LogP contribution in [0.2, 0.25) is 0 Å². The van der Waals surface area contributed by atoms with Crippen LogP contribution in [0, 0.1) is 19.7 Å². The van der Waals surface area contributed by atoms with Crippen LogP contribution in [0.5, 0.6) is 0 Å². The fourth-order valence-electron chi connectivity index (χ4n) is 3.45. The van der Waals surface area contributed by atoms with E-state index in [0.717, 1.165) is 28.1 Å². The molecule has 4 rings (SSSR count). The van der Waals surface area contributed by atoms with Crippen molar-refractivity contribution in [3.05, 3.63) is 71.7 Å². The number of benzene rings is 1. The summed E-state index contributed by atoms with van der Waals surface area (Å²) in [6.45, 7) is 4.29. The van der Waals surface area contributed by atoms with Crippen molar-refractivity contribution in [1.29, 1.82) is 0 Å². The molecule has 0 saturated carbocycles. The van der Waals surface area contributed by atoms with Gasteiger partial charge in [-0.15, -0.1) is 0 Å². The number of halogens is 1. The molecule has 0 aliphatic rings. The summed E-state index contributed by atoms with van der Waals surface area (Å²) in [5.41, 5.74) is 4.07. The fraction of sp³-hybridized carbons (Fsp3) is 0.261. The van der Waals surface area contributed by atoms with Gasteiger partial charge in [-0.2, -0.15) is 0 Å². The minimum atomic E-state index is -0.254. The van der Waals surface area contributed by atoms with E-state index in [2.05, 4.69) is 20.4 Å². The van der Waals surface area contributed by atoms with E-state index in [0.29, 0.717) is 23.9 Å². The molecule has 0 amide bonds. The number of nitrogens with one attached hydrogen (secondary N) is 1. The van der Waals surface area contributed by atoms with Gasteiger partial charge in [0.05, 0.1) is 29.3 Å². The van der Waals surface area contributed by atoms with Gasteiger partial charge in [0.1, 0.15) is 11.6 Å². The second kappa shape index (κ2) is 8.69. The molecule has 0 spiro atoms. The highest BCUT2D eigenvalue weighted by atomic mass is 19.1. The Balaban J connectivity index is 1.64. The minimum absolute atomic E-state index is 0.0138. The lowest BCUT2D eigenvalue weighted by Crippen LogP contribution is -2.27. The predicted molar refractivity (Wildman–Crippen MR) is 116 cm³/mol. The Morgan fingerprint density at radius 2 is 1.87 bits per heavy atom. The summed E-state index contributed by atoms with van der Waals surface area (Å²) in [7, 11) is 3.96. The van der Waals surface area contributed by atoms with Crippen LogP contribution in [0.3, 0.4) is 0 Å². The predicted octanol–water partition coefficient (Wildman–Crippen LogP) is 4.86. The van der Waals surface area contributed by atoms with Crippen molar-refractivity contribution in [2.75, 3.05) is 26.0 Å². The van der Waals surface area contributed by atoms with Gasteiger partial charge >= 0.3 is 0 Å². The van der Waals surface area contributed by atoms with E-state index in [4.69, 9.17) is 13.9 Å². The van der Waals surface area contributed by atoms with Crippen LogP contribution in [-0.4, -0.2) is 40.7 Å². The molecule has 1 aromatic carbocycles. The Hall–Kier alpha value is -3.52. The lowest BCUT2D eigenvalue weighted by Gasteiger charge is -2.25. The first-order valence-corrected chi connectivity index (χ1v) is 9.93. The molecular weight excluding hydrogens is 397 g/mol. The molecule has 1 N–H and O–H groups in total. The summed E-state index contributed by atoms with van der Waals surface area (Å²) in [6.07, 6.45) is 3.35. The van der Waals surface area contributed by atoms with Gasteiger partial charge in [-0.1, -0.05) is 17.3 Å². The minimum Gasteiger partial charge on any atom is -0.469 e. The Morgan fingerprint density at radius 3 is 2.48 bits per heavy atom. The molecule has 160 valence electrons. The third kappa shape index (κ3) is 4.49. The van der Waals surface area contributed by atoms with Crippen LogP contribution in [0.1, 0.15) is 23.1 Å². The van der Waals surface area contributed by atoms with E-state index >= 15 is 0 Å². The maximum absolute atomic E-state index is 13.3. The second-order valence-electron chi connectivity index (χ2n) is 7.59. The molecule has 31 heavy (non-hydrogen) atoms. The zero-order valence-corrected chi connectivity index (χ0v) is 17.9. The van der Waals surface area contributed by atoms with Crippen molar-refractivity contribution in [3.8, 4) is 22.6 Å². The molecule has 0 saturated heterocycles. The summed E-state index contributed by atoms with van der Waals surface area (Å²) in [5.74, 6) is 1.57. The topological polar surface area (TPSA) is 80.2 Å². The van der Waals surface area contributed by atoms with Gasteiger partial charge < -0.3 is 19.2 Å². The highest BCUT2D eigenvalue weighted by molar-refractivity contribution is 5.79. The summed E-state index contributed by atoms with van der Waals surface area (Å²) in [4.78, 5) is 11.3. The van der Waals surface area contributed by atoms with Crippen molar-refractivity contribution in [2.45, 2.75) is 19.9 Å². The number of rotatable bonds is 7. The Bertz CT molecular complexity index is 1170. The molecule has 1 atom stereocenters. The van der Waals surface area contributed by atoms with Gasteiger partial charge in [0.2, 0.25) is 5.95 Å². The Morgan fingerprint density at radius 1 is 1.10 bits per heavy atom. The first-order valence-electron chi connectivity index (χ1n) is 9.93. The molecule has 4 aromatic rings. The van der Waals surface area contributed by atoms with Crippen LogP contribution in [0.15, 0.2) is 57.8 Å². The highest BCUT2D eigenvalue weighted by Gasteiger charge is 2.19. The van der Waals surface area contributed by atoms with E-state index in [1.54, 1.807) is 24.6 Å². The number of nitrogens with zero attached hydrogens (tertiary/aromatic N) is 4. The number of aromatic nitrogens is 3. The molecule has 8 heteroatoms. The molecule has 0 aliphatic carbocycles. The molecule has 0 bridgehead atoms. The molecule has 3 heterocycles. The zero-order chi connectivity index (χ0) is 22.0. The zero-order valence-electron chi connectivity index (χ0n) is 17.9. The number of likely N-dealkylation sites (N-methyl/N-ethyl adjacent to an activating group) is 1. The molecule has 7 nitrogen and oxygen atoms in total. The summed E-state index contributed by atoms with van der Waals surface area (Å²) in [6, 6.07) is 10.2. The molecule has 3 aromatic heterocycles. The molecule has 0 fully saturated rings. The van der Waals surface area contributed by atoms with E-state index in [9.17, 15) is 4.39 Å². The van der Waals surface area contributed by atoms with Gasteiger partial charge in [-0.25, -0.2) is 14.4 Å². The van der Waals surface area contributed by atoms with Gasteiger partial charge in [0.25, 0.3) is 0 Å². The van der Waals surface area contributed by atoms with Gasteiger partial charge in [0.15, 0.2) is 5.76 Å². The van der Waals surface area contributed by atoms with Gasteiger partial charge in [-0.3, -0.25) is 0 Å². The van der Waals surface area contributed by atoms with Crippen molar-refractivity contribution in [2.24, 2.45) is 0 Å². The van der Waals surface area contributed by atoms with Crippen LogP contribution in [0.25, 0.3) is 22.6 Å². The Labute approximate surface area is 179 Å². The quantitative estimate of drug-likeness (QED) is 0.456. The average Bonchev–Trinajstić information content (AvgIpc) is 3.37. The first-order chi connectivity index (χ1) is 14.9. The molecular formula is C23H24FN5O2. The summed E-state index contributed by atoms with van der Waals surface area (Å²) in [5, 5.41) is 7.29. The number of hydrogen-bond acceptors (Lipinski definition) is 7. The van der Waals surface area contributed by atoms with E-state index < -0.39 is 0 Å². The second-order valence-corrected chi connectivity index (χ2v) is 7.59. The maximum Gasteiger partial charge on any atom is 0.223 e. The normalized spacial score (nSPS) is 12.3. The smallest absolute Gasteiger partial charge is 0.223 e.